The summed E-state index contributed by atoms with van der Waals surface area (Å²) in [5.74, 6) is -0.223. The van der Waals surface area contributed by atoms with Crippen LogP contribution in [0.25, 0.3) is 5.69 Å². The van der Waals surface area contributed by atoms with Crippen LogP contribution in [0.3, 0.4) is 0 Å². The second-order valence-electron chi connectivity index (χ2n) is 8.02. The average molecular weight is 439 g/mol. The number of rotatable bonds is 6. The van der Waals surface area contributed by atoms with Gasteiger partial charge in [-0.05, 0) is 62.4 Å². The normalized spacial score (nSPS) is 14.2. The van der Waals surface area contributed by atoms with E-state index in [1.165, 1.54) is 0 Å². The van der Waals surface area contributed by atoms with Crippen molar-refractivity contribution in [3.8, 4) is 5.69 Å². The van der Waals surface area contributed by atoms with E-state index in [9.17, 15) is 13.2 Å². The number of para-hydroxylation sites is 1. The fraction of sp³-hybridized carbons (Fsp3) is 0.304. The van der Waals surface area contributed by atoms with E-state index >= 15 is 0 Å². The maximum atomic E-state index is 13.1. The molecule has 162 valence electrons. The molecule has 7 nitrogen and oxygen atoms in total. The molecule has 3 aromatic rings. The number of sulfonamides is 1. The van der Waals surface area contributed by atoms with Crippen LogP contribution in [0.4, 0.5) is 5.69 Å². The van der Waals surface area contributed by atoms with E-state index in [0.29, 0.717) is 11.4 Å². The van der Waals surface area contributed by atoms with E-state index in [0.717, 1.165) is 53.6 Å². The quantitative estimate of drug-likeness (QED) is 0.616. The molecule has 0 saturated carbocycles. The first-order chi connectivity index (χ1) is 14.7. The Bertz CT molecular complexity index is 1250. The van der Waals surface area contributed by atoms with Crippen molar-refractivity contribution >= 4 is 21.6 Å². The van der Waals surface area contributed by atoms with Crippen LogP contribution in [0, 0.1) is 6.92 Å². The van der Waals surface area contributed by atoms with Gasteiger partial charge in [-0.25, -0.2) is 13.1 Å². The zero-order chi connectivity index (χ0) is 22.2. The molecule has 2 aromatic carbocycles. The van der Waals surface area contributed by atoms with E-state index in [-0.39, 0.29) is 11.9 Å². The molecule has 0 saturated heterocycles. The minimum Gasteiger partial charge on any atom is -0.344 e. The average Bonchev–Trinajstić information content (AvgIpc) is 3.30. The Morgan fingerprint density at radius 3 is 2.65 bits per heavy atom. The van der Waals surface area contributed by atoms with Crippen molar-refractivity contribution in [3.63, 3.8) is 0 Å². The molecule has 1 amide bonds. The van der Waals surface area contributed by atoms with Crippen molar-refractivity contribution in [1.29, 1.82) is 0 Å². The van der Waals surface area contributed by atoms with Crippen molar-refractivity contribution < 1.29 is 13.2 Å². The van der Waals surface area contributed by atoms with Gasteiger partial charge in [0.2, 0.25) is 10.0 Å². The molecule has 0 fully saturated rings. The largest absolute Gasteiger partial charge is 0.344 e. The monoisotopic (exact) mass is 438 g/mol. The number of carbonyl (C=O) groups excluding carboxylic acids is 1. The van der Waals surface area contributed by atoms with Gasteiger partial charge in [0.15, 0.2) is 5.69 Å². The Kier molecular flexibility index (Phi) is 5.58. The fourth-order valence-corrected chi connectivity index (χ4v) is 4.61. The first kappa shape index (κ1) is 21.1. The molecule has 4 rings (SSSR count). The molecule has 1 aliphatic rings. The number of nitrogens with zero attached hydrogens (tertiary/aromatic N) is 2. The number of carbonyl (C=O) groups is 1. The van der Waals surface area contributed by atoms with Crippen LogP contribution in [0.15, 0.2) is 48.5 Å². The summed E-state index contributed by atoms with van der Waals surface area (Å²) in [4.78, 5) is 13.1. The Balaban J connectivity index is 1.59. The van der Waals surface area contributed by atoms with E-state index in [1.807, 2.05) is 48.9 Å². The SMILES string of the molecule is Cc1ccccc1-n1nc(C(=O)NC(C)c2cccc(NS(C)(=O)=O)c2)c2c1CCC2. The Labute approximate surface area is 182 Å². The number of aryl methyl sites for hydroxylation is 1. The molecule has 1 atom stereocenters. The molecule has 0 bridgehead atoms. The molecular formula is C23H26N4O3S. The lowest BCUT2D eigenvalue weighted by molar-refractivity contribution is 0.0933. The standard InChI is InChI=1S/C23H26N4O3S/c1-15-8-4-5-12-20(15)27-21-13-7-11-19(21)22(25-27)23(28)24-16(2)17-9-6-10-18(14-17)26-31(3,29)30/h4-6,8-10,12,14,16,26H,7,11,13H2,1-3H3,(H,24,28). The van der Waals surface area contributed by atoms with Crippen molar-refractivity contribution in [2.45, 2.75) is 39.2 Å². The van der Waals surface area contributed by atoms with Gasteiger partial charge in [-0.2, -0.15) is 5.10 Å². The molecule has 0 radical (unpaired) electrons. The van der Waals surface area contributed by atoms with Gasteiger partial charge in [-0.3, -0.25) is 9.52 Å². The van der Waals surface area contributed by atoms with E-state index in [1.54, 1.807) is 18.2 Å². The first-order valence-electron chi connectivity index (χ1n) is 10.3. The number of benzene rings is 2. The van der Waals surface area contributed by atoms with Crippen molar-refractivity contribution in [2.24, 2.45) is 0 Å². The zero-order valence-electron chi connectivity index (χ0n) is 17.8. The van der Waals surface area contributed by atoms with Crippen molar-refractivity contribution in [3.05, 3.63) is 76.6 Å². The van der Waals surface area contributed by atoms with Gasteiger partial charge in [0.1, 0.15) is 0 Å². The van der Waals surface area contributed by atoms with Crippen LogP contribution in [-0.2, 0) is 22.9 Å². The summed E-state index contributed by atoms with van der Waals surface area (Å²) in [5.41, 5.74) is 5.95. The minimum absolute atomic E-state index is 0.223. The van der Waals surface area contributed by atoms with Crippen molar-refractivity contribution in [2.75, 3.05) is 11.0 Å². The molecule has 1 unspecified atom stereocenters. The summed E-state index contributed by atoms with van der Waals surface area (Å²) in [6, 6.07) is 14.7. The van der Waals surface area contributed by atoms with Gasteiger partial charge in [0.25, 0.3) is 5.91 Å². The number of hydrogen-bond donors (Lipinski definition) is 2. The van der Waals surface area contributed by atoms with Gasteiger partial charge in [0, 0.05) is 16.9 Å². The summed E-state index contributed by atoms with van der Waals surface area (Å²) in [5, 5.41) is 7.71. The molecule has 31 heavy (non-hydrogen) atoms. The van der Waals surface area contributed by atoms with E-state index in [2.05, 4.69) is 15.1 Å². The molecule has 8 heteroatoms. The van der Waals surface area contributed by atoms with Crippen LogP contribution >= 0.6 is 0 Å². The summed E-state index contributed by atoms with van der Waals surface area (Å²) in [6.45, 7) is 3.91. The highest BCUT2D eigenvalue weighted by Crippen LogP contribution is 2.29. The highest BCUT2D eigenvalue weighted by atomic mass is 32.2. The predicted octanol–water partition coefficient (Wildman–Crippen LogP) is 3.53. The highest BCUT2D eigenvalue weighted by molar-refractivity contribution is 7.92. The Hall–Kier alpha value is -3.13. The second kappa shape index (κ2) is 8.19. The third kappa shape index (κ3) is 4.49. The number of nitrogens with one attached hydrogen (secondary N) is 2. The third-order valence-electron chi connectivity index (χ3n) is 5.53. The molecule has 1 heterocycles. The van der Waals surface area contributed by atoms with E-state index < -0.39 is 10.0 Å². The lowest BCUT2D eigenvalue weighted by Gasteiger charge is -2.15. The molecular weight excluding hydrogens is 412 g/mol. The number of aromatic nitrogens is 2. The maximum absolute atomic E-state index is 13.1. The molecule has 0 aliphatic heterocycles. The minimum atomic E-state index is -3.37. The molecule has 1 aromatic heterocycles. The van der Waals surface area contributed by atoms with Gasteiger partial charge in [-0.15, -0.1) is 0 Å². The van der Waals surface area contributed by atoms with Crippen molar-refractivity contribution in [1.82, 2.24) is 15.1 Å². The van der Waals surface area contributed by atoms with Crippen LogP contribution < -0.4 is 10.0 Å². The van der Waals surface area contributed by atoms with Gasteiger partial charge >= 0.3 is 0 Å². The number of anilines is 1. The zero-order valence-corrected chi connectivity index (χ0v) is 18.7. The molecule has 2 N–H and O–H groups in total. The first-order valence-corrected chi connectivity index (χ1v) is 12.2. The molecule has 0 spiro atoms. The van der Waals surface area contributed by atoms with Crippen LogP contribution in [0.2, 0.25) is 0 Å². The van der Waals surface area contributed by atoms with E-state index in [4.69, 9.17) is 0 Å². The number of hydrogen-bond acceptors (Lipinski definition) is 4. The van der Waals surface area contributed by atoms with Crippen LogP contribution in [0.1, 0.15) is 52.3 Å². The fourth-order valence-electron chi connectivity index (χ4n) is 4.05. The maximum Gasteiger partial charge on any atom is 0.272 e. The van der Waals surface area contributed by atoms with Gasteiger partial charge in [-0.1, -0.05) is 30.3 Å². The van der Waals surface area contributed by atoms with Gasteiger partial charge < -0.3 is 5.32 Å². The van der Waals surface area contributed by atoms with Crippen LogP contribution in [0.5, 0.6) is 0 Å². The third-order valence-corrected chi connectivity index (χ3v) is 6.13. The number of amides is 1. The smallest absolute Gasteiger partial charge is 0.272 e. The topological polar surface area (TPSA) is 93.1 Å². The highest BCUT2D eigenvalue weighted by Gasteiger charge is 2.28. The number of fused-ring (bicyclic) bond motifs is 1. The Morgan fingerprint density at radius 2 is 1.90 bits per heavy atom. The Morgan fingerprint density at radius 1 is 1.13 bits per heavy atom. The summed E-state index contributed by atoms with van der Waals surface area (Å²) < 4.78 is 27.4. The lowest BCUT2D eigenvalue weighted by atomic mass is 10.1. The lowest BCUT2D eigenvalue weighted by Crippen LogP contribution is -2.28. The molecule has 1 aliphatic carbocycles. The summed E-state index contributed by atoms with van der Waals surface area (Å²) in [7, 11) is -3.37. The predicted molar refractivity (Wildman–Crippen MR) is 121 cm³/mol. The van der Waals surface area contributed by atoms with Crippen LogP contribution in [-0.4, -0.2) is 30.4 Å². The summed E-state index contributed by atoms with van der Waals surface area (Å²) >= 11 is 0. The second-order valence-corrected chi connectivity index (χ2v) is 9.77. The summed E-state index contributed by atoms with van der Waals surface area (Å²) in [6.07, 6.45) is 3.86. The van der Waals surface area contributed by atoms with Gasteiger partial charge in [0.05, 0.1) is 18.0 Å².